The summed E-state index contributed by atoms with van der Waals surface area (Å²) in [6, 6.07) is 15.8. The molecule has 0 spiro atoms. The highest BCUT2D eigenvalue weighted by atomic mass is 79.9. The molecule has 3 rings (SSSR count). The standard InChI is InChI=1S/C21H19BrN2O4/c1-27-16-7-9-17-14(11-16)6-8-18(23-17)21(26)24-19(12-20(25)28-2)13-4-3-5-15(22)10-13/h3-11,19H,12H2,1-2H3,(H,24,26). The van der Waals surface area contributed by atoms with Crippen LogP contribution in [0.15, 0.2) is 59.1 Å². The van der Waals surface area contributed by atoms with Crippen LogP contribution in [-0.2, 0) is 9.53 Å². The van der Waals surface area contributed by atoms with Crippen LogP contribution in [0.5, 0.6) is 5.75 Å². The summed E-state index contributed by atoms with van der Waals surface area (Å²) >= 11 is 3.41. The Morgan fingerprint density at radius 1 is 1.11 bits per heavy atom. The molecule has 28 heavy (non-hydrogen) atoms. The Kier molecular flexibility index (Phi) is 6.26. The zero-order chi connectivity index (χ0) is 20.1. The number of nitrogens with one attached hydrogen (secondary N) is 1. The average molecular weight is 443 g/mol. The Labute approximate surface area is 171 Å². The van der Waals surface area contributed by atoms with E-state index in [2.05, 4.69) is 26.2 Å². The molecule has 3 aromatic rings. The Morgan fingerprint density at radius 3 is 2.64 bits per heavy atom. The first-order valence-corrected chi connectivity index (χ1v) is 9.37. The number of carbonyl (C=O) groups excluding carboxylic acids is 2. The van der Waals surface area contributed by atoms with Crippen molar-refractivity contribution in [2.75, 3.05) is 14.2 Å². The molecular formula is C21H19BrN2O4. The minimum absolute atomic E-state index is 0.0173. The molecule has 2 aromatic carbocycles. The number of fused-ring (bicyclic) bond motifs is 1. The smallest absolute Gasteiger partial charge is 0.307 e. The fourth-order valence-electron chi connectivity index (χ4n) is 2.81. The molecule has 1 heterocycles. The molecule has 7 heteroatoms. The SMILES string of the molecule is COC(=O)CC(NC(=O)c1ccc2cc(OC)ccc2n1)c1cccc(Br)c1. The molecule has 0 saturated carbocycles. The van der Waals surface area contributed by atoms with E-state index in [4.69, 9.17) is 9.47 Å². The van der Waals surface area contributed by atoms with Gasteiger partial charge in [-0.05, 0) is 42.0 Å². The maximum atomic E-state index is 12.8. The number of ether oxygens (including phenoxy) is 2. The van der Waals surface area contributed by atoms with Crippen LogP contribution >= 0.6 is 15.9 Å². The van der Waals surface area contributed by atoms with Gasteiger partial charge in [0.15, 0.2) is 0 Å². The van der Waals surface area contributed by atoms with Crippen LogP contribution in [0.1, 0.15) is 28.5 Å². The molecule has 0 aliphatic rings. The number of rotatable bonds is 6. The Morgan fingerprint density at radius 2 is 1.93 bits per heavy atom. The number of amides is 1. The lowest BCUT2D eigenvalue weighted by Crippen LogP contribution is -2.31. The average Bonchev–Trinajstić information content (AvgIpc) is 2.72. The summed E-state index contributed by atoms with van der Waals surface area (Å²) in [5.41, 5.74) is 1.74. The van der Waals surface area contributed by atoms with Crippen LogP contribution in [0.4, 0.5) is 0 Å². The van der Waals surface area contributed by atoms with E-state index >= 15 is 0 Å². The number of halogens is 1. The Bertz CT molecular complexity index is 1020. The first-order chi connectivity index (χ1) is 13.5. The highest BCUT2D eigenvalue weighted by Crippen LogP contribution is 2.23. The van der Waals surface area contributed by atoms with E-state index in [1.165, 1.54) is 7.11 Å². The molecule has 1 N–H and O–H groups in total. The first-order valence-electron chi connectivity index (χ1n) is 8.58. The minimum Gasteiger partial charge on any atom is -0.497 e. The van der Waals surface area contributed by atoms with Gasteiger partial charge in [0.1, 0.15) is 11.4 Å². The van der Waals surface area contributed by atoms with Crippen LogP contribution in [0, 0.1) is 0 Å². The van der Waals surface area contributed by atoms with Gasteiger partial charge in [0.05, 0.1) is 32.2 Å². The number of nitrogens with zero attached hydrogens (tertiary/aromatic N) is 1. The van der Waals surface area contributed by atoms with Gasteiger partial charge in [-0.1, -0.05) is 34.1 Å². The summed E-state index contributed by atoms with van der Waals surface area (Å²) in [6.45, 7) is 0. The number of aromatic nitrogens is 1. The maximum absolute atomic E-state index is 12.8. The van der Waals surface area contributed by atoms with E-state index < -0.39 is 12.0 Å². The van der Waals surface area contributed by atoms with Gasteiger partial charge in [-0.2, -0.15) is 0 Å². The number of esters is 1. The van der Waals surface area contributed by atoms with E-state index in [1.54, 1.807) is 25.3 Å². The van der Waals surface area contributed by atoms with E-state index in [0.717, 1.165) is 21.2 Å². The Balaban J connectivity index is 1.86. The van der Waals surface area contributed by atoms with Gasteiger partial charge in [0.2, 0.25) is 0 Å². The van der Waals surface area contributed by atoms with Crippen molar-refractivity contribution in [1.29, 1.82) is 0 Å². The van der Waals surface area contributed by atoms with Crippen molar-refractivity contribution in [3.63, 3.8) is 0 Å². The fraction of sp³-hybridized carbons (Fsp3) is 0.190. The fourth-order valence-corrected chi connectivity index (χ4v) is 3.23. The van der Waals surface area contributed by atoms with Crippen molar-refractivity contribution >= 4 is 38.7 Å². The van der Waals surface area contributed by atoms with Gasteiger partial charge >= 0.3 is 5.97 Å². The van der Waals surface area contributed by atoms with E-state index in [9.17, 15) is 9.59 Å². The van der Waals surface area contributed by atoms with Crippen LogP contribution in [0.25, 0.3) is 10.9 Å². The molecule has 6 nitrogen and oxygen atoms in total. The molecule has 0 aliphatic heterocycles. The number of pyridine rings is 1. The van der Waals surface area contributed by atoms with Crippen molar-refractivity contribution in [3.05, 3.63) is 70.3 Å². The van der Waals surface area contributed by atoms with Crippen LogP contribution in [-0.4, -0.2) is 31.1 Å². The van der Waals surface area contributed by atoms with Gasteiger partial charge in [0, 0.05) is 9.86 Å². The monoisotopic (exact) mass is 442 g/mol. The number of hydrogen-bond acceptors (Lipinski definition) is 5. The lowest BCUT2D eigenvalue weighted by Gasteiger charge is -2.18. The van der Waals surface area contributed by atoms with Crippen LogP contribution in [0.2, 0.25) is 0 Å². The highest BCUT2D eigenvalue weighted by molar-refractivity contribution is 9.10. The van der Waals surface area contributed by atoms with Gasteiger partial charge in [-0.3, -0.25) is 9.59 Å². The maximum Gasteiger partial charge on any atom is 0.307 e. The number of hydrogen-bond donors (Lipinski definition) is 1. The van der Waals surface area contributed by atoms with E-state index in [1.807, 2.05) is 36.4 Å². The van der Waals surface area contributed by atoms with Gasteiger partial charge in [-0.15, -0.1) is 0 Å². The first kappa shape index (κ1) is 19.8. The van der Waals surface area contributed by atoms with Crippen molar-refractivity contribution in [2.45, 2.75) is 12.5 Å². The van der Waals surface area contributed by atoms with Gasteiger partial charge < -0.3 is 14.8 Å². The van der Waals surface area contributed by atoms with Crippen molar-refractivity contribution in [2.24, 2.45) is 0 Å². The molecule has 0 bridgehead atoms. The van der Waals surface area contributed by atoms with Crippen LogP contribution < -0.4 is 10.1 Å². The third kappa shape index (κ3) is 4.67. The lowest BCUT2D eigenvalue weighted by molar-refractivity contribution is -0.141. The normalized spacial score (nSPS) is 11.7. The molecular weight excluding hydrogens is 424 g/mol. The summed E-state index contributed by atoms with van der Waals surface area (Å²) in [4.78, 5) is 29.0. The van der Waals surface area contributed by atoms with Crippen molar-refractivity contribution in [3.8, 4) is 5.75 Å². The summed E-state index contributed by atoms with van der Waals surface area (Å²) in [6.07, 6.45) is 0.0173. The summed E-state index contributed by atoms with van der Waals surface area (Å²) < 4.78 is 10.8. The zero-order valence-electron chi connectivity index (χ0n) is 15.4. The molecule has 1 unspecified atom stereocenters. The van der Waals surface area contributed by atoms with Gasteiger partial charge in [-0.25, -0.2) is 4.98 Å². The van der Waals surface area contributed by atoms with Crippen LogP contribution in [0.3, 0.4) is 0 Å². The third-order valence-corrected chi connectivity index (χ3v) is 4.78. The predicted molar refractivity (Wildman–Crippen MR) is 109 cm³/mol. The minimum atomic E-state index is -0.536. The second-order valence-corrected chi connectivity index (χ2v) is 7.03. The zero-order valence-corrected chi connectivity index (χ0v) is 17.0. The molecule has 1 atom stereocenters. The topological polar surface area (TPSA) is 77.5 Å². The Hall–Kier alpha value is -2.93. The molecule has 1 amide bonds. The second kappa shape index (κ2) is 8.84. The summed E-state index contributed by atoms with van der Waals surface area (Å²) in [5, 5.41) is 3.75. The van der Waals surface area contributed by atoms with Crippen molar-refractivity contribution in [1.82, 2.24) is 10.3 Å². The number of methoxy groups -OCH3 is 2. The quantitative estimate of drug-likeness (QED) is 0.582. The van der Waals surface area contributed by atoms with Gasteiger partial charge in [0.25, 0.3) is 5.91 Å². The number of carbonyl (C=O) groups is 2. The van der Waals surface area contributed by atoms with Crippen molar-refractivity contribution < 1.29 is 19.1 Å². The molecule has 0 radical (unpaired) electrons. The molecule has 144 valence electrons. The summed E-state index contributed by atoms with van der Waals surface area (Å²) in [5.74, 6) is -0.0604. The predicted octanol–water partition coefficient (Wildman–Crippen LogP) is 4.04. The highest BCUT2D eigenvalue weighted by Gasteiger charge is 2.21. The summed E-state index contributed by atoms with van der Waals surface area (Å²) in [7, 11) is 2.92. The van der Waals surface area contributed by atoms with E-state index in [-0.39, 0.29) is 18.0 Å². The lowest BCUT2D eigenvalue weighted by atomic mass is 10.0. The molecule has 0 fully saturated rings. The third-order valence-electron chi connectivity index (χ3n) is 4.28. The molecule has 0 saturated heterocycles. The largest absolute Gasteiger partial charge is 0.497 e. The number of benzene rings is 2. The van der Waals surface area contributed by atoms with E-state index in [0.29, 0.717) is 5.52 Å². The molecule has 0 aliphatic carbocycles. The second-order valence-electron chi connectivity index (χ2n) is 6.12. The molecule has 1 aromatic heterocycles.